The van der Waals surface area contributed by atoms with Gasteiger partial charge in [0, 0.05) is 32.7 Å². The molecule has 0 amide bonds. The molecule has 0 aromatic heterocycles. The van der Waals surface area contributed by atoms with Gasteiger partial charge in [-0.25, -0.2) is 4.39 Å². The molecular formula is C19H31FIN3O. The number of nitrogens with zero attached hydrogens (tertiary/aromatic N) is 1. The van der Waals surface area contributed by atoms with Gasteiger partial charge < -0.3 is 15.4 Å². The maximum atomic E-state index is 13.1. The molecular weight excluding hydrogens is 432 g/mol. The molecule has 1 aliphatic carbocycles. The molecule has 142 valence electrons. The smallest absolute Gasteiger partial charge is 0.191 e. The van der Waals surface area contributed by atoms with Gasteiger partial charge in [-0.3, -0.25) is 4.99 Å². The molecule has 2 N–H and O–H groups in total. The molecule has 1 fully saturated rings. The summed E-state index contributed by atoms with van der Waals surface area (Å²) in [6.07, 6.45) is 2.33. The van der Waals surface area contributed by atoms with E-state index in [1.165, 1.54) is 17.7 Å². The van der Waals surface area contributed by atoms with E-state index in [1.807, 2.05) is 12.1 Å². The van der Waals surface area contributed by atoms with Gasteiger partial charge in [0.25, 0.3) is 0 Å². The van der Waals surface area contributed by atoms with Crippen molar-refractivity contribution in [2.45, 2.75) is 45.1 Å². The summed E-state index contributed by atoms with van der Waals surface area (Å²) in [5.41, 5.74) is 1.36. The van der Waals surface area contributed by atoms with Gasteiger partial charge in [-0.05, 0) is 36.0 Å². The number of nitrogens with one attached hydrogen (secondary N) is 2. The molecule has 1 unspecified atom stereocenters. The zero-order valence-electron chi connectivity index (χ0n) is 15.9. The standard InChI is InChI=1S/C19H30FN3O.HI/c1-18(2,3)16(24-5)12-22-17(21-4)23-13-19(10-11-19)14-6-8-15(20)9-7-14;/h6-9,16H,10-13H2,1-5H3,(H2,21,22,23);1H. The number of hydrogen-bond donors (Lipinski definition) is 2. The Kier molecular flexibility index (Phi) is 8.12. The predicted octanol–water partition coefficient (Wildman–Crippen LogP) is 3.70. The van der Waals surface area contributed by atoms with Crippen LogP contribution in [0.3, 0.4) is 0 Å². The number of guanidine groups is 1. The topological polar surface area (TPSA) is 45.7 Å². The third-order valence-corrected chi connectivity index (χ3v) is 4.83. The van der Waals surface area contributed by atoms with Gasteiger partial charge in [-0.2, -0.15) is 0 Å². The van der Waals surface area contributed by atoms with E-state index in [9.17, 15) is 4.39 Å². The van der Waals surface area contributed by atoms with Crippen LogP contribution in [0, 0.1) is 11.2 Å². The van der Waals surface area contributed by atoms with Crippen molar-refractivity contribution in [3.63, 3.8) is 0 Å². The van der Waals surface area contributed by atoms with Crippen LogP contribution in [0.15, 0.2) is 29.3 Å². The molecule has 1 aromatic carbocycles. The molecule has 1 aromatic rings. The van der Waals surface area contributed by atoms with Crippen molar-refractivity contribution in [1.82, 2.24) is 10.6 Å². The first-order chi connectivity index (χ1) is 11.3. The van der Waals surface area contributed by atoms with Gasteiger partial charge in [-0.15, -0.1) is 24.0 Å². The van der Waals surface area contributed by atoms with Gasteiger partial charge >= 0.3 is 0 Å². The largest absolute Gasteiger partial charge is 0.379 e. The van der Waals surface area contributed by atoms with Crippen molar-refractivity contribution in [3.8, 4) is 0 Å². The summed E-state index contributed by atoms with van der Waals surface area (Å²) in [5.74, 6) is 0.586. The molecule has 2 rings (SSSR count). The Morgan fingerprint density at radius 2 is 1.84 bits per heavy atom. The molecule has 6 heteroatoms. The Morgan fingerprint density at radius 3 is 2.28 bits per heavy atom. The van der Waals surface area contributed by atoms with Gasteiger partial charge in [0.1, 0.15) is 5.82 Å². The quantitative estimate of drug-likeness (QED) is 0.384. The Balaban J connectivity index is 0.00000312. The second-order valence-corrected chi connectivity index (χ2v) is 7.68. The van der Waals surface area contributed by atoms with Crippen LogP contribution in [0.25, 0.3) is 0 Å². The summed E-state index contributed by atoms with van der Waals surface area (Å²) in [6.45, 7) is 7.97. The molecule has 1 aliphatic rings. The summed E-state index contributed by atoms with van der Waals surface area (Å²) in [7, 11) is 3.51. The van der Waals surface area contributed by atoms with E-state index < -0.39 is 0 Å². The summed E-state index contributed by atoms with van der Waals surface area (Å²) < 4.78 is 18.7. The first-order valence-electron chi connectivity index (χ1n) is 8.54. The van der Waals surface area contributed by atoms with Crippen molar-refractivity contribution in [1.29, 1.82) is 0 Å². The molecule has 0 radical (unpaired) electrons. The third kappa shape index (κ3) is 6.09. The highest BCUT2D eigenvalue weighted by atomic mass is 127. The first kappa shape index (κ1) is 22.2. The third-order valence-electron chi connectivity index (χ3n) is 4.83. The van der Waals surface area contributed by atoms with Crippen molar-refractivity contribution in [2.75, 3.05) is 27.2 Å². The zero-order valence-corrected chi connectivity index (χ0v) is 18.2. The van der Waals surface area contributed by atoms with E-state index in [2.05, 4.69) is 36.4 Å². The minimum Gasteiger partial charge on any atom is -0.379 e. The fraction of sp³-hybridized carbons (Fsp3) is 0.632. The number of ether oxygens (including phenoxy) is 1. The predicted molar refractivity (Wildman–Crippen MR) is 112 cm³/mol. The van der Waals surface area contributed by atoms with Crippen molar-refractivity contribution < 1.29 is 9.13 Å². The SMILES string of the molecule is CN=C(NCC(OC)C(C)(C)C)NCC1(c2ccc(F)cc2)CC1.I. The van der Waals surface area contributed by atoms with Crippen LogP contribution in [-0.2, 0) is 10.2 Å². The number of aliphatic imine (C=N–C) groups is 1. The van der Waals surface area contributed by atoms with Crippen LogP contribution in [0.2, 0.25) is 0 Å². The summed E-state index contributed by atoms with van der Waals surface area (Å²) in [4.78, 5) is 4.29. The fourth-order valence-electron chi connectivity index (χ4n) is 2.93. The Labute approximate surface area is 168 Å². The average molecular weight is 463 g/mol. The van der Waals surface area contributed by atoms with Gasteiger partial charge in [0.05, 0.1) is 6.10 Å². The number of hydrogen-bond acceptors (Lipinski definition) is 2. The van der Waals surface area contributed by atoms with Crippen LogP contribution in [-0.4, -0.2) is 39.3 Å². The lowest BCUT2D eigenvalue weighted by atomic mass is 9.89. The molecule has 0 bridgehead atoms. The molecule has 0 spiro atoms. The Hall–Kier alpha value is -0.890. The van der Waals surface area contributed by atoms with E-state index in [4.69, 9.17) is 4.74 Å². The molecule has 0 saturated heterocycles. The lowest BCUT2D eigenvalue weighted by Crippen LogP contribution is -2.46. The van der Waals surface area contributed by atoms with Crippen LogP contribution < -0.4 is 10.6 Å². The number of methoxy groups -OCH3 is 1. The summed E-state index contributed by atoms with van der Waals surface area (Å²) in [5, 5.41) is 6.75. The van der Waals surface area contributed by atoms with Crippen molar-refractivity contribution in [2.24, 2.45) is 10.4 Å². The minimum atomic E-state index is -0.187. The Bertz CT molecular complexity index is 565. The summed E-state index contributed by atoms with van der Waals surface area (Å²) >= 11 is 0. The van der Waals surface area contributed by atoms with Crippen LogP contribution >= 0.6 is 24.0 Å². The highest BCUT2D eigenvalue weighted by Gasteiger charge is 2.44. The van der Waals surface area contributed by atoms with Crippen LogP contribution in [0.4, 0.5) is 4.39 Å². The second kappa shape index (κ2) is 9.16. The molecule has 1 saturated carbocycles. The van der Waals surface area contributed by atoms with Crippen LogP contribution in [0.1, 0.15) is 39.2 Å². The molecule has 0 aliphatic heterocycles. The van der Waals surface area contributed by atoms with Gasteiger partial charge in [0.2, 0.25) is 0 Å². The lowest BCUT2D eigenvalue weighted by molar-refractivity contribution is 0.0205. The van der Waals surface area contributed by atoms with E-state index in [0.29, 0.717) is 6.54 Å². The maximum Gasteiger partial charge on any atom is 0.191 e. The van der Waals surface area contributed by atoms with Crippen molar-refractivity contribution >= 4 is 29.9 Å². The maximum absolute atomic E-state index is 13.1. The van der Waals surface area contributed by atoms with Crippen molar-refractivity contribution in [3.05, 3.63) is 35.6 Å². The zero-order chi connectivity index (χ0) is 17.8. The number of halogens is 2. The monoisotopic (exact) mass is 463 g/mol. The van der Waals surface area contributed by atoms with E-state index in [0.717, 1.165) is 25.3 Å². The summed E-state index contributed by atoms with van der Waals surface area (Å²) in [6, 6.07) is 6.85. The normalized spacial score (nSPS) is 17.4. The van der Waals surface area contributed by atoms with E-state index in [-0.39, 0.29) is 46.7 Å². The lowest BCUT2D eigenvalue weighted by Gasteiger charge is -2.30. The molecule has 0 heterocycles. The van der Waals surface area contributed by atoms with E-state index in [1.54, 1.807) is 14.2 Å². The number of rotatable bonds is 6. The number of benzene rings is 1. The minimum absolute atomic E-state index is 0. The fourth-order valence-corrected chi connectivity index (χ4v) is 2.93. The highest BCUT2D eigenvalue weighted by molar-refractivity contribution is 14.0. The van der Waals surface area contributed by atoms with Gasteiger partial charge in [0.15, 0.2) is 5.96 Å². The highest BCUT2D eigenvalue weighted by Crippen LogP contribution is 2.47. The molecule has 25 heavy (non-hydrogen) atoms. The van der Waals surface area contributed by atoms with Crippen LogP contribution in [0.5, 0.6) is 0 Å². The molecule has 1 atom stereocenters. The first-order valence-corrected chi connectivity index (χ1v) is 8.54. The Morgan fingerprint density at radius 1 is 1.24 bits per heavy atom. The van der Waals surface area contributed by atoms with Gasteiger partial charge in [-0.1, -0.05) is 32.9 Å². The molecule has 4 nitrogen and oxygen atoms in total. The van der Waals surface area contributed by atoms with E-state index >= 15 is 0 Å². The second-order valence-electron chi connectivity index (χ2n) is 7.68. The average Bonchev–Trinajstić information content (AvgIpc) is 3.31.